The average molecular weight is 250 g/mol. The van der Waals surface area contributed by atoms with Crippen molar-refractivity contribution >= 4 is 0 Å². The third kappa shape index (κ3) is 2.37. The summed E-state index contributed by atoms with van der Waals surface area (Å²) in [6.45, 7) is 0.345. The number of hydrogen-bond donors (Lipinski definition) is 1. The summed E-state index contributed by atoms with van der Waals surface area (Å²) in [5, 5.41) is 8.90. The van der Waals surface area contributed by atoms with Crippen molar-refractivity contribution in [1.29, 1.82) is 5.26 Å². The second-order valence-electron chi connectivity index (χ2n) is 5.03. The first-order valence-corrected chi connectivity index (χ1v) is 6.10. The van der Waals surface area contributed by atoms with Gasteiger partial charge >= 0.3 is 0 Å². The number of nitrogens with two attached hydrogens (primary N) is 1. The molecule has 1 aliphatic carbocycles. The van der Waals surface area contributed by atoms with Crippen LogP contribution >= 0.6 is 0 Å². The van der Waals surface area contributed by atoms with Crippen molar-refractivity contribution in [3.63, 3.8) is 0 Å². The standard InChI is InChI=1S/C14H16F2N2/c15-14(16)6-4-13(10-18,5-7-14)12-3-1-2-11(8-12)9-17/h1-3,8H,4-7,10,18H2. The Kier molecular flexibility index (Phi) is 3.36. The Hall–Kier alpha value is -1.47. The van der Waals surface area contributed by atoms with Gasteiger partial charge in [-0.25, -0.2) is 8.78 Å². The number of nitriles is 1. The van der Waals surface area contributed by atoms with Crippen LogP contribution in [0.1, 0.15) is 36.8 Å². The molecule has 1 aliphatic rings. The van der Waals surface area contributed by atoms with E-state index in [0.717, 1.165) is 5.56 Å². The first-order chi connectivity index (χ1) is 8.51. The van der Waals surface area contributed by atoms with Gasteiger partial charge in [0.05, 0.1) is 11.6 Å². The molecule has 96 valence electrons. The van der Waals surface area contributed by atoms with Gasteiger partial charge in [0.15, 0.2) is 0 Å². The van der Waals surface area contributed by atoms with Crippen molar-refractivity contribution < 1.29 is 8.78 Å². The van der Waals surface area contributed by atoms with Gasteiger partial charge in [-0.3, -0.25) is 0 Å². The van der Waals surface area contributed by atoms with Crippen molar-refractivity contribution in [3.05, 3.63) is 35.4 Å². The van der Waals surface area contributed by atoms with Crippen molar-refractivity contribution in [3.8, 4) is 6.07 Å². The first-order valence-electron chi connectivity index (χ1n) is 6.10. The van der Waals surface area contributed by atoms with E-state index < -0.39 is 11.3 Å². The van der Waals surface area contributed by atoms with Gasteiger partial charge in [0.2, 0.25) is 5.92 Å². The Labute approximate surface area is 105 Å². The molecule has 0 radical (unpaired) electrons. The molecule has 1 aromatic carbocycles. The third-order valence-corrected chi connectivity index (χ3v) is 3.93. The van der Waals surface area contributed by atoms with E-state index in [1.807, 2.05) is 6.07 Å². The Bertz CT molecular complexity index is 467. The van der Waals surface area contributed by atoms with Crippen LogP contribution in [0, 0.1) is 11.3 Å². The predicted molar refractivity (Wildman–Crippen MR) is 65.3 cm³/mol. The lowest BCUT2D eigenvalue weighted by Gasteiger charge is -2.39. The van der Waals surface area contributed by atoms with Crippen LogP contribution in [-0.2, 0) is 5.41 Å². The third-order valence-electron chi connectivity index (χ3n) is 3.93. The Morgan fingerprint density at radius 1 is 1.22 bits per heavy atom. The first kappa shape index (κ1) is 13.0. The molecule has 0 aromatic heterocycles. The molecule has 1 aromatic rings. The smallest absolute Gasteiger partial charge is 0.248 e. The topological polar surface area (TPSA) is 49.8 Å². The maximum Gasteiger partial charge on any atom is 0.248 e. The molecule has 0 atom stereocenters. The van der Waals surface area contributed by atoms with Crippen LogP contribution in [0.3, 0.4) is 0 Å². The normalized spacial score (nSPS) is 21.2. The zero-order chi connectivity index (χ0) is 13.2. The molecule has 1 saturated carbocycles. The van der Waals surface area contributed by atoms with Crippen molar-refractivity contribution in [1.82, 2.24) is 0 Å². The molecule has 0 aliphatic heterocycles. The lowest BCUT2D eigenvalue weighted by molar-refractivity contribution is -0.0509. The zero-order valence-electron chi connectivity index (χ0n) is 10.1. The van der Waals surface area contributed by atoms with E-state index in [1.54, 1.807) is 18.2 Å². The summed E-state index contributed by atoms with van der Waals surface area (Å²) in [4.78, 5) is 0. The Morgan fingerprint density at radius 3 is 2.44 bits per heavy atom. The monoisotopic (exact) mass is 250 g/mol. The molecule has 0 spiro atoms. The SMILES string of the molecule is N#Cc1cccc(C2(CN)CCC(F)(F)CC2)c1. The summed E-state index contributed by atoms with van der Waals surface area (Å²) < 4.78 is 26.5. The van der Waals surface area contributed by atoms with Crippen molar-refractivity contribution in [2.24, 2.45) is 5.73 Å². The molecule has 0 bridgehead atoms. The van der Waals surface area contributed by atoms with E-state index >= 15 is 0 Å². The minimum Gasteiger partial charge on any atom is -0.330 e. The van der Waals surface area contributed by atoms with E-state index in [0.29, 0.717) is 24.9 Å². The van der Waals surface area contributed by atoms with Crippen LogP contribution in [0.25, 0.3) is 0 Å². The van der Waals surface area contributed by atoms with E-state index in [4.69, 9.17) is 11.0 Å². The van der Waals surface area contributed by atoms with E-state index in [-0.39, 0.29) is 12.8 Å². The molecule has 18 heavy (non-hydrogen) atoms. The second kappa shape index (κ2) is 4.66. The minimum atomic E-state index is -2.56. The molecule has 0 saturated heterocycles. The molecular weight excluding hydrogens is 234 g/mol. The van der Waals surface area contributed by atoms with Gasteiger partial charge in [-0.2, -0.15) is 5.26 Å². The fourth-order valence-corrected chi connectivity index (χ4v) is 2.62. The summed E-state index contributed by atoms with van der Waals surface area (Å²) in [6, 6.07) is 9.24. The average Bonchev–Trinajstić information content (AvgIpc) is 2.39. The maximum atomic E-state index is 13.3. The maximum absolute atomic E-state index is 13.3. The molecule has 4 heteroatoms. The Morgan fingerprint density at radius 2 is 1.89 bits per heavy atom. The predicted octanol–water partition coefficient (Wildman–Crippen LogP) is 2.96. The van der Waals surface area contributed by atoms with E-state index in [2.05, 4.69) is 6.07 Å². The lowest BCUT2D eigenvalue weighted by Crippen LogP contribution is -2.42. The molecular formula is C14H16F2N2. The largest absolute Gasteiger partial charge is 0.330 e. The highest BCUT2D eigenvalue weighted by molar-refractivity contribution is 5.37. The van der Waals surface area contributed by atoms with Gasteiger partial charge in [0.1, 0.15) is 0 Å². The molecule has 0 unspecified atom stereocenters. The molecule has 2 rings (SSSR count). The van der Waals surface area contributed by atoms with Gasteiger partial charge in [-0.15, -0.1) is 0 Å². The molecule has 1 fully saturated rings. The van der Waals surface area contributed by atoms with E-state index in [9.17, 15) is 8.78 Å². The fourth-order valence-electron chi connectivity index (χ4n) is 2.62. The summed E-state index contributed by atoms with van der Waals surface area (Å²) in [5.41, 5.74) is 6.90. The Balaban J connectivity index is 2.31. The van der Waals surface area contributed by atoms with Crippen molar-refractivity contribution in [2.45, 2.75) is 37.0 Å². The quantitative estimate of drug-likeness (QED) is 0.877. The fraction of sp³-hybridized carbons (Fsp3) is 0.500. The highest BCUT2D eigenvalue weighted by atomic mass is 19.3. The van der Waals surface area contributed by atoms with Crippen LogP contribution in [0.4, 0.5) is 8.78 Å². The van der Waals surface area contributed by atoms with Gasteiger partial charge in [-0.05, 0) is 30.5 Å². The van der Waals surface area contributed by atoms with Gasteiger partial charge in [0, 0.05) is 24.8 Å². The number of rotatable bonds is 2. The summed E-state index contributed by atoms with van der Waals surface area (Å²) in [6.07, 6.45) is 0.513. The van der Waals surface area contributed by atoms with Crippen LogP contribution in [0.15, 0.2) is 24.3 Å². The van der Waals surface area contributed by atoms with Crippen LogP contribution in [0.2, 0.25) is 0 Å². The summed E-state index contributed by atoms with van der Waals surface area (Å²) in [5.74, 6) is -2.56. The minimum absolute atomic E-state index is 0.124. The highest BCUT2D eigenvalue weighted by Gasteiger charge is 2.43. The number of alkyl halides is 2. The van der Waals surface area contributed by atoms with Crippen LogP contribution in [-0.4, -0.2) is 12.5 Å². The zero-order valence-corrected chi connectivity index (χ0v) is 10.1. The number of halogens is 2. The van der Waals surface area contributed by atoms with E-state index in [1.165, 1.54) is 0 Å². The summed E-state index contributed by atoms with van der Waals surface area (Å²) >= 11 is 0. The number of benzene rings is 1. The van der Waals surface area contributed by atoms with Gasteiger partial charge < -0.3 is 5.73 Å². The van der Waals surface area contributed by atoms with Crippen molar-refractivity contribution in [2.75, 3.05) is 6.54 Å². The molecule has 0 amide bonds. The number of nitrogens with zero attached hydrogens (tertiary/aromatic N) is 1. The van der Waals surface area contributed by atoms with Crippen LogP contribution in [0.5, 0.6) is 0 Å². The molecule has 2 N–H and O–H groups in total. The highest BCUT2D eigenvalue weighted by Crippen LogP contribution is 2.44. The molecule has 2 nitrogen and oxygen atoms in total. The lowest BCUT2D eigenvalue weighted by atomic mass is 9.68. The van der Waals surface area contributed by atoms with Gasteiger partial charge in [0.25, 0.3) is 0 Å². The second-order valence-corrected chi connectivity index (χ2v) is 5.03. The molecule has 0 heterocycles. The van der Waals surface area contributed by atoms with Crippen LogP contribution < -0.4 is 5.73 Å². The van der Waals surface area contributed by atoms with Gasteiger partial charge in [-0.1, -0.05) is 12.1 Å². The summed E-state index contributed by atoms with van der Waals surface area (Å²) in [7, 11) is 0. The number of hydrogen-bond acceptors (Lipinski definition) is 2.